The van der Waals surface area contributed by atoms with Crippen LogP contribution >= 0.6 is 0 Å². The van der Waals surface area contributed by atoms with Gasteiger partial charge in [-0.1, -0.05) is 0 Å². The lowest BCUT2D eigenvalue weighted by Crippen LogP contribution is -2.44. The third-order valence-corrected chi connectivity index (χ3v) is 3.38. The summed E-state index contributed by atoms with van der Waals surface area (Å²) in [5.41, 5.74) is 0.806. The summed E-state index contributed by atoms with van der Waals surface area (Å²) >= 11 is 0. The second-order valence-corrected chi connectivity index (χ2v) is 5.03. The molecule has 0 bridgehead atoms. The predicted molar refractivity (Wildman–Crippen MR) is 81.5 cm³/mol. The molecule has 2 heterocycles. The fraction of sp³-hybridized carbons (Fsp3) is 0.333. The Kier molecular flexibility index (Phi) is 3.96. The molecule has 1 saturated heterocycles. The maximum Gasteiger partial charge on any atom is 0.136 e. The first-order chi connectivity index (χ1) is 10.2. The summed E-state index contributed by atoms with van der Waals surface area (Å²) < 4.78 is 12.9. The van der Waals surface area contributed by atoms with Crippen LogP contribution < -0.4 is 15.5 Å². The minimum atomic E-state index is -0.249. The van der Waals surface area contributed by atoms with E-state index in [1.807, 2.05) is 13.0 Å². The van der Waals surface area contributed by atoms with Gasteiger partial charge in [0.1, 0.15) is 23.3 Å². The largest absolute Gasteiger partial charge is 0.354 e. The van der Waals surface area contributed by atoms with Crippen molar-refractivity contribution < 1.29 is 4.39 Å². The molecule has 0 saturated carbocycles. The average Bonchev–Trinajstić information content (AvgIpc) is 2.50. The normalized spacial score (nSPS) is 15.0. The van der Waals surface area contributed by atoms with Crippen LogP contribution in [-0.2, 0) is 0 Å². The van der Waals surface area contributed by atoms with Crippen molar-refractivity contribution in [3.63, 3.8) is 0 Å². The summed E-state index contributed by atoms with van der Waals surface area (Å²) in [6.45, 7) is 5.67. The highest BCUT2D eigenvalue weighted by Crippen LogP contribution is 2.20. The summed E-state index contributed by atoms with van der Waals surface area (Å²) in [5.74, 6) is 2.12. The van der Waals surface area contributed by atoms with Gasteiger partial charge in [0.15, 0.2) is 0 Å². The molecule has 0 spiro atoms. The number of hydrogen-bond acceptors (Lipinski definition) is 5. The van der Waals surface area contributed by atoms with Crippen LogP contribution in [0.3, 0.4) is 0 Å². The number of anilines is 3. The van der Waals surface area contributed by atoms with Crippen molar-refractivity contribution in [2.24, 2.45) is 0 Å². The highest BCUT2D eigenvalue weighted by atomic mass is 19.1. The van der Waals surface area contributed by atoms with E-state index < -0.39 is 0 Å². The SMILES string of the molecule is Cc1nc(Nc2ccc(F)cc2)cc(N2CCNCC2)n1. The summed E-state index contributed by atoms with van der Waals surface area (Å²) in [6, 6.07) is 8.16. The molecule has 0 amide bonds. The number of nitrogens with one attached hydrogen (secondary N) is 2. The van der Waals surface area contributed by atoms with Gasteiger partial charge in [-0.05, 0) is 31.2 Å². The zero-order chi connectivity index (χ0) is 14.7. The number of hydrogen-bond donors (Lipinski definition) is 2. The molecule has 21 heavy (non-hydrogen) atoms. The molecule has 1 aliphatic rings. The van der Waals surface area contributed by atoms with Crippen LogP contribution in [0, 0.1) is 12.7 Å². The summed E-state index contributed by atoms with van der Waals surface area (Å²) in [4.78, 5) is 11.1. The van der Waals surface area contributed by atoms with Crippen LogP contribution in [0.15, 0.2) is 30.3 Å². The van der Waals surface area contributed by atoms with Crippen LogP contribution in [0.1, 0.15) is 5.82 Å². The highest BCUT2D eigenvalue weighted by Gasteiger charge is 2.13. The van der Waals surface area contributed by atoms with Gasteiger partial charge in [-0.25, -0.2) is 14.4 Å². The lowest BCUT2D eigenvalue weighted by molar-refractivity contribution is 0.584. The Balaban J connectivity index is 1.81. The van der Waals surface area contributed by atoms with E-state index in [2.05, 4.69) is 25.5 Å². The molecule has 110 valence electrons. The van der Waals surface area contributed by atoms with Gasteiger partial charge in [0, 0.05) is 37.9 Å². The molecule has 2 N–H and O–H groups in total. The molecule has 1 aromatic carbocycles. The Hall–Kier alpha value is -2.21. The maximum absolute atomic E-state index is 12.9. The number of piperazine rings is 1. The second kappa shape index (κ2) is 6.05. The van der Waals surface area contributed by atoms with Crippen LogP contribution in [0.5, 0.6) is 0 Å². The Morgan fingerprint density at radius 3 is 2.57 bits per heavy atom. The van der Waals surface area contributed by atoms with Gasteiger partial charge in [-0.3, -0.25) is 0 Å². The van der Waals surface area contributed by atoms with Gasteiger partial charge in [0.25, 0.3) is 0 Å². The van der Waals surface area contributed by atoms with Crippen LogP contribution in [0.2, 0.25) is 0 Å². The molecule has 1 aromatic heterocycles. The molecule has 0 atom stereocenters. The molecule has 0 aliphatic carbocycles. The van der Waals surface area contributed by atoms with E-state index in [1.165, 1.54) is 12.1 Å². The highest BCUT2D eigenvalue weighted by molar-refractivity contribution is 5.59. The lowest BCUT2D eigenvalue weighted by atomic mass is 10.3. The minimum Gasteiger partial charge on any atom is -0.354 e. The number of rotatable bonds is 3. The third kappa shape index (κ3) is 3.46. The molecule has 0 unspecified atom stereocenters. The van der Waals surface area contributed by atoms with E-state index in [0.29, 0.717) is 0 Å². The van der Waals surface area contributed by atoms with Crippen molar-refractivity contribution in [3.8, 4) is 0 Å². The quantitative estimate of drug-likeness (QED) is 0.905. The predicted octanol–water partition coefficient (Wildman–Crippen LogP) is 2.08. The van der Waals surface area contributed by atoms with Crippen molar-refractivity contribution in [1.29, 1.82) is 0 Å². The summed E-state index contributed by atoms with van der Waals surface area (Å²) in [7, 11) is 0. The fourth-order valence-corrected chi connectivity index (χ4v) is 2.35. The van der Waals surface area contributed by atoms with Gasteiger partial charge in [0.2, 0.25) is 0 Å². The van der Waals surface area contributed by atoms with E-state index in [9.17, 15) is 4.39 Å². The smallest absolute Gasteiger partial charge is 0.136 e. The van der Waals surface area contributed by atoms with Gasteiger partial charge < -0.3 is 15.5 Å². The number of halogens is 1. The number of aryl methyl sites for hydroxylation is 1. The Bertz CT molecular complexity index is 608. The van der Waals surface area contributed by atoms with Crippen molar-refractivity contribution >= 4 is 17.3 Å². The first-order valence-corrected chi connectivity index (χ1v) is 7.05. The van der Waals surface area contributed by atoms with E-state index in [-0.39, 0.29) is 5.82 Å². The number of aromatic nitrogens is 2. The monoisotopic (exact) mass is 287 g/mol. The molecule has 0 radical (unpaired) electrons. The number of benzene rings is 1. The number of nitrogens with zero attached hydrogens (tertiary/aromatic N) is 3. The molecule has 1 aliphatic heterocycles. The van der Waals surface area contributed by atoms with Gasteiger partial charge in [-0.15, -0.1) is 0 Å². The summed E-state index contributed by atoms with van der Waals surface area (Å²) in [5, 5.41) is 6.51. The van der Waals surface area contributed by atoms with Gasteiger partial charge >= 0.3 is 0 Å². The van der Waals surface area contributed by atoms with Crippen molar-refractivity contribution in [2.45, 2.75) is 6.92 Å². The van der Waals surface area contributed by atoms with E-state index in [0.717, 1.165) is 49.3 Å². The van der Waals surface area contributed by atoms with Crippen LogP contribution in [-0.4, -0.2) is 36.1 Å². The Labute approximate surface area is 123 Å². The Morgan fingerprint density at radius 2 is 1.86 bits per heavy atom. The third-order valence-electron chi connectivity index (χ3n) is 3.38. The van der Waals surface area contributed by atoms with Crippen molar-refractivity contribution in [2.75, 3.05) is 36.4 Å². The van der Waals surface area contributed by atoms with Crippen molar-refractivity contribution in [1.82, 2.24) is 15.3 Å². The first-order valence-electron chi connectivity index (χ1n) is 7.05. The van der Waals surface area contributed by atoms with E-state index >= 15 is 0 Å². The lowest BCUT2D eigenvalue weighted by Gasteiger charge is -2.28. The summed E-state index contributed by atoms with van der Waals surface area (Å²) in [6.07, 6.45) is 0. The zero-order valence-electron chi connectivity index (χ0n) is 11.9. The maximum atomic E-state index is 12.9. The molecule has 2 aromatic rings. The first kappa shape index (κ1) is 13.8. The van der Waals surface area contributed by atoms with Crippen molar-refractivity contribution in [3.05, 3.63) is 42.0 Å². The molecular formula is C15H18FN5. The second-order valence-electron chi connectivity index (χ2n) is 5.03. The average molecular weight is 287 g/mol. The minimum absolute atomic E-state index is 0.249. The van der Waals surface area contributed by atoms with E-state index in [4.69, 9.17) is 0 Å². The molecular weight excluding hydrogens is 269 g/mol. The molecule has 1 fully saturated rings. The van der Waals surface area contributed by atoms with E-state index in [1.54, 1.807) is 12.1 Å². The van der Waals surface area contributed by atoms with Gasteiger partial charge in [0.05, 0.1) is 0 Å². The zero-order valence-corrected chi connectivity index (χ0v) is 11.9. The molecule has 5 nitrogen and oxygen atoms in total. The molecule has 6 heteroatoms. The van der Waals surface area contributed by atoms with Gasteiger partial charge in [-0.2, -0.15) is 0 Å². The topological polar surface area (TPSA) is 53.1 Å². The standard InChI is InChI=1S/C15H18FN5/c1-11-18-14(20-13-4-2-12(16)3-5-13)10-15(19-11)21-8-6-17-7-9-21/h2-5,10,17H,6-9H2,1H3,(H,18,19,20). The fourth-order valence-electron chi connectivity index (χ4n) is 2.35. The molecule has 3 rings (SSSR count). The Morgan fingerprint density at radius 1 is 1.14 bits per heavy atom. The van der Waals surface area contributed by atoms with Crippen LogP contribution in [0.4, 0.5) is 21.7 Å². The van der Waals surface area contributed by atoms with Crippen LogP contribution in [0.25, 0.3) is 0 Å².